The molecule has 0 bridgehead atoms. The third-order valence-electron chi connectivity index (χ3n) is 5.39. The molecule has 198 valence electrons. The third-order valence-corrected chi connectivity index (χ3v) is 6.88. The Bertz CT molecular complexity index is 1310. The number of rotatable bonds is 3. The van der Waals surface area contributed by atoms with Crippen molar-refractivity contribution in [2.75, 3.05) is 11.8 Å². The van der Waals surface area contributed by atoms with Crippen LogP contribution in [0.25, 0.3) is 11.1 Å². The molecule has 11 nitrogen and oxygen atoms in total. The van der Waals surface area contributed by atoms with Gasteiger partial charge < -0.3 is 19.7 Å². The minimum Gasteiger partial charge on any atom is -0.508 e. The molecule has 37 heavy (non-hydrogen) atoms. The van der Waals surface area contributed by atoms with Gasteiger partial charge in [0.15, 0.2) is 5.58 Å². The number of nitrogens with one attached hydrogen (secondary N) is 3. The van der Waals surface area contributed by atoms with Crippen LogP contribution >= 0.6 is 0 Å². The highest BCUT2D eigenvalue weighted by Gasteiger charge is 2.29. The van der Waals surface area contributed by atoms with E-state index in [4.69, 9.17) is 9.52 Å². The van der Waals surface area contributed by atoms with Crippen LogP contribution < -0.4 is 15.4 Å². The van der Waals surface area contributed by atoms with E-state index in [1.807, 2.05) is 19.9 Å². The molecule has 2 aromatic heterocycles. The number of urea groups is 1. The number of benzene rings is 1. The van der Waals surface area contributed by atoms with Crippen LogP contribution in [-0.2, 0) is 22.3 Å². The highest BCUT2D eigenvalue weighted by Crippen LogP contribution is 2.27. The Hall–Kier alpha value is -3.93. The maximum Gasteiger partial charge on any atom is 0.322 e. The molecule has 1 aromatic carbocycles. The topological polar surface area (TPSA) is 154 Å². The molecule has 2 atom stereocenters. The Morgan fingerprint density at radius 3 is 2.46 bits per heavy atom. The van der Waals surface area contributed by atoms with Crippen molar-refractivity contribution < 1.29 is 28.1 Å². The van der Waals surface area contributed by atoms with Gasteiger partial charge in [0.25, 0.3) is 5.91 Å². The first-order valence-electron chi connectivity index (χ1n) is 11.9. The highest BCUT2D eigenvalue weighted by atomic mass is 32.2. The molecule has 2 fully saturated rings. The van der Waals surface area contributed by atoms with Gasteiger partial charge in [-0.1, -0.05) is 19.9 Å². The molecular formula is C25H31N5O6S. The number of phenols is 1. The second-order valence-electron chi connectivity index (χ2n) is 8.29. The molecule has 6 rings (SSSR count). The zero-order valence-corrected chi connectivity index (χ0v) is 21.9. The van der Waals surface area contributed by atoms with Crippen LogP contribution in [0.15, 0.2) is 47.1 Å². The number of phenolic OH excluding ortho intramolecular Hbond substituents is 1. The number of carbonyl (C=O) groups is 3. The van der Waals surface area contributed by atoms with E-state index >= 15 is 0 Å². The normalized spacial score (nSPS) is 18.2. The SMILES string of the molecule is CC.CC1NC(=O)NC1=O.CN1Cc2ccc(O)cc2C1=O.O=S(Nc1ccc2occc2n1)C1CC1. The fourth-order valence-corrected chi connectivity index (χ4v) is 4.38. The molecule has 3 aromatic rings. The monoisotopic (exact) mass is 529 g/mol. The lowest BCUT2D eigenvalue weighted by Gasteiger charge is -2.04. The van der Waals surface area contributed by atoms with E-state index in [9.17, 15) is 18.6 Å². The first kappa shape index (κ1) is 27.7. The van der Waals surface area contributed by atoms with Crippen molar-refractivity contribution in [1.82, 2.24) is 20.5 Å². The van der Waals surface area contributed by atoms with Crippen molar-refractivity contribution in [2.24, 2.45) is 0 Å². The van der Waals surface area contributed by atoms with Crippen molar-refractivity contribution >= 4 is 45.7 Å². The fraction of sp³-hybridized carbons (Fsp3) is 0.360. The van der Waals surface area contributed by atoms with Crippen LogP contribution in [0.2, 0.25) is 0 Å². The third kappa shape index (κ3) is 7.29. The van der Waals surface area contributed by atoms with E-state index in [0.29, 0.717) is 23.2 Å². The van der Waals surface area contributed by atoms with E-state index < -0.39 is 17.0 Å². The summed E-state index contributed by atoms with van der Waals surface area (Å²) >= 11 is 0. The van der Waals surface area contributed by atoms with Crippen molar-refractivity contribution in [2.45, 2.75) is 51.4 Å². The average molecular weight is 530 g/mol. The standard InChI is InChI=1S/C10H10N2O2S.C9H9NO2.C4H6N2O2.C2H6/c13-15(7-1-2-7)12-10-4-3-9-8(11-10)5-6-14-9;1-10-5-6-2-3-7(11)4-8(6)9(10)12;1-2-3(7)6-4(8)5-2;1-2/h3-7H,1-2H2,(H,11,12);2-4,11H,5H2,1H3;2H,1H3,(H2,5,6,7,8);1-2H3. The van der Waals surface area contributed by atoms with Crippen LogP contribution in [0.5, 0.6) is 5.75 Å². The fourth-order valence-electron chi connectivity index (χ4n) is 3.33. The number of hydrogen-bond donors (Lipinski definition) is 4. The van der Waals surface area contributed by atoms with E-state index in [1.165, 1.54) is 6.07 Å². The number of pyridine rings is 1. The number of aromatic hydroxyl groups is 1. The molecular weight excluding hydrogens is 498 g/mol. The van der Waals surface area contributed by atoms with Crippen LogP contribution in [0.4, 0.5) is 10.6 Å². The van der Waals surface area contributed by atoms with Gasteiger partial charge >= 0.3 is 6.03 Å². The number of carbonyl (C=O) groups excluding carboxylic acids is 3. The van der Waals surface area contributed by atoms with Crippen LogP contribution in [0, 0.1) is 0 Å². The summed E-state index contributed by atoms with van der Waals surface area (Å²) in [6, 6.07) is 9.55. The highest BCUT2D eigenvalue weighted by molar-refractivity contribution is 7.87. The number of furan rings is 1. The van der Waals surface area contributed by atoms with Crippen LogP contribution in [-0.4, -0.2) is 55.4 Å². The van der Waals surface area contributed by atoms with Crippen LogP contribution in [0.1, 0.15) is 49.5 Å². The zero-order valence-electron chi connectivity index (χ0n) is 21.1. The molecule has 1 aliphatic carbocycles. The van der Waals surface area contributed by atoms with E-state index in [1.54, 1.807) is 49.4 Å². The number of nitrogens with zero attached hydrogens (tertiary/aromatic N) is 2. The van der Waals surface area contributed by atoms with Gasteiger partial charge in [-0.15, -0.1) is 0 Å². The quantitative estimate of drug-likeness (QED) is 0.380. The summed E-state index contributed by atoms with van der Waals surface area (Å²) in [6.45, 7) is 6.27. The van der Waals surface area contributed by atoms with Gasteiger partial charge in [-0.25, -0.2) is 14.0 Å². The number of aromatic nitrogens is 1. The lowest BCUT2D eigenvalue weighted by Crippen LogP contribution is -2.24. The smallest absolute Gasteiger partial charge is 0.322 e. The summed E-state index contributed by atoms with van der Waals surface area (Å²) in [4.78, 5) is 37.9. The molecule has 3 aliphatic rings. The van der Waals surface area contributed by atoms with Crippen molar-refractivity contribution in [3.05, 3.63) is 53.8 Å². The van der Waals surface area contributed by atoms with Gasteiger partial charge in [0.1, 0.15) is 34.1 Å². The van der Waals surface area contributed by atoms with Gasteiger partial charge in [-0.2, -0.15) is 0 Å². The Morgan fingerprint density at radius 2 is 1.86 bits per heavy atom. The van der Waals surface area contributed by atoms with Gasteiger partial charge in [0.2, 0.25) is 5.91 Å². The largest absolute Gasteiger partial charge is 0.508 e. The summed E-state index contributed by atoms with van der Waals surface area (Å²) in [5, 5.41) is 13.9. The number of hydrogen-bond acceptors (Lipinski definition) is 7. The second kappa shape index (κ2) is 12.3. The molecule has 0 radical (unpaired) electrons. The predicted octanol–water partition coefficient (Wildman–Crippen LogP) is 3.28. The lowest BCUT2D eigenvalue weighted by molar-refractivity contribution is -0.119. The Labute approximate surface area is 217 Å². The van der Waals surface area contributed by atoms with Gasteiger partial charge in [0, 0.05) is 25.2 Å². The number of amides is 4. The van der Waals surface area contributed by atoms with Gasteiger partial charge in [-0.3, -0.25) is 19.6 Å². The molecule has 2 aliphatic heterocycles. The minimum atomic E-state index is -0.985. The molecule has 1 saturated heterocycles. The molecule has 4 N–H and O–H groups in total. The molecule has 4 amide bonds. The van der Waals surface area contributed by atoms with Crippen LogP contribution in [0.3, 0.4) is 0 Å². The Kier molecular flexibility index (Phi) is 9.23. The molecule has 12 heteroatoms. The minimum absolute atomic E-state index is 0.0131. The number of anilines is 1. The first-order chi connectivity index (χ1) is 17.7. The summed E-state index contributed by atoms with van der Waals surface area (Å²) in [5.41, 5.74) is 3.14. The molecule has 2 unspecified atom stereocenters. The number of imide groups is 1. The average Bonchev–Trinajstić information content (AvgIpc) is 3.48. The van der Waals surface area contributed by atoms with E-state index in [0.717, 1.165) is 29.5 Å². The summed E-state index contributed by atoms with van der Waals surface area (Å²) in [6.07, 6.45) is 3.69. The maximum absolute atomic E-state index is 11.6. The summed E-state index contributed by atoms with van der Waals surface area (Å²) in [5.74, 6) is 0.530. The van der Waals surface area contributed by atoms with Gasteiger partial charge in [-0.05, 0) is 49.6 Å². The van der Waals surface area contributed by atoms with Crippen molar-refractivity contribution in [3.8, 4) is 5.75 Å². The second-order valence-corrected chi connectivity index (χ2v) is 9.75. The predicted molar refractivity (Wildman–Crippen MR) is 140 cm³/mol. The Balaban J connectivity index is 0.000000156. The summed E-state index contributed by atoms with van der Waals surface area (Å²) < 4.78 is 19.7. The van der Waals surface area contributed by atoms with E-state index in [-0.39, 0.29) is 23.6 Å². The maximum atomic E-state index is 11.6. The molecule has 4 heterocycles. The molecule has 0 spiro atoms. The lowest BCUT2D eigenvalue weighted by atomic mass is 10.1. The summed E-state index contributed by atoms with van der Waals surface area (Å²) in [7, 11) is 0.764. The van der Waals surface area contributed by atoms with Gasteiger partial charge in [0.05, 0.1) is 11.5 Å². The molecule has 1 saturated carbocycles. The zero-order chi connectivity index (χ0) is 27.1. The van der Waals surface area contributed by atoms with Crippen molar-refractivity contribution in [1.29, 1.82) is 0 Å². The number of fused-ring (bicyclic) bond motifs is 2. The van der Waals surface area contributed by atoms with E-state index in [2.05, 4.69) is 20.3 Å². The van der Waals surface area contributed by atoms with Crippen molar-refractivity contribution in [3.63, 3.8) is 0 Å². The first-order valence-corrected chi connectivity index (χ1v) is 13.1. The Morgan fingerprint density at radius 1 is 1.14 bits per heavy atom.